The minimum absolute atomic E-state index is 0.0758. The summed E-state index contributed by atoms with van der Waals surface area (Å²) in [7, 11) is -3.54. The number of benzene rings is 1. The number of carbonyl (C=O) groups is 1. The predicted octanol–water partition coefficient (Wildman–Crippen LogP) is 2.59. The van der Waals surface area contributed by atoms with Crippen molar-refractivity contribution in [2.24, 2.45) is 5.92 Å². The molecular weight excluding hydrogens is 312 g/mol. The van der Waals surface area contributed by atoms with Crippen LogP contribution in [0.2, 0.25) is 0 Å². The molecule has 1 unspecified atom stereocenters. The van der Waals surface area contributed by atoms with Crippen LogP contribution in [0.15, 0.2) is 29.2 Å². The molecule has 1 saturated heterocycles. The molecule has 0 saturated carbocycles. The zero-order chi connectivity index (χ0) is 17.0. The van der Waals surface area contributed by atoms with E-state index in [1.165, 1.54) is 10.4 Å². The molecule has 128 valence electrons. The van der Waals surface area contributed by atoms with Gasteiger partial charge in [0, 0.05) is 31.7 Å². The Morgan fingerprint density at radius 1 is 1.30 bits per heavy atom. The van der Waals surface area contributed by atoms with Crippen molar-refractivity contribution in [3.63, 3.8) is 0 Å². The fraction of sp³-hybridized carbons (Fsp3) is 0.588. The van der Waals surface area contributed by atoms with Crippen LogP contribution in [0.4, 0.5) is 0 Å². The monoisotopic (exact) mass is 338 g/mol. The molecule has 1 aromatic rings. The van der Waals surface area contributed by atoms with Crippen molar-refractivity contribution in [2.45, 2.75) is 38.5 Å². The second-order valence-electron chi connectivity index (χ2n) is 6.12. The normalized spacial score (nSPS) is 19.1. The molecular formula is C17H26N2O3S. The lowest BCUT2D eigenvalue weighted by atomic mass is 9.99. The van der Waals surface area contributed by atoms with E-state index in [0.29, 0.717) is 24.6 Å². The zero-order valence-corrected chi connectivity index (χ0v) is 15.0. The topological polar surface area (TPSA) is 57.7 Å². The molecule has 2 rings (SSSR count). The molecule has 0 spiro atoms. The number of hydrogen-bond acceptors (Lipinski definition) is 3. The molecule has 1 heterocycles. The van der Waals surface area contributed by atoms with Crippen LogP contribution in [0, 0.1) is 5.92 Å². The van der Waals surface area contributed by atoms with Crippen LogP contribution >= 0.6 is 0 Å². The quantitative estimate of drug-likeness (QED) is 0.829. The van der Waals surface area contributed by atoms with E-state index in [4.69, 9.17) is 0 Å². The van der Waals surface area contributed by atoms with Gasteiger partial charge in [0.05, 0.1) is 4.90 Å². The number of amides is 1. The van der Waals surface area contributed by atoms with Crippen LogP contribution in [-0.2, 0) is 10.0 Å². The molecule has 0 N–H and O–H groups in total. The average molecular weight is 338 g/mol. The second-order valence-corrected chi connectivity index (χ2v) is 8.05. The third kappa shape index (κ3) is 3.93. The highest BCUT2D eigenvalue weighted by atomic mass is 32.2. The van der Waals surface area contributed by atoms with Gasteiger partial charge in [-0.05, 0) is 37.0 Å². The molecule has 23 heavy (non-hydrogen) atoms. The third-order valence-corrected chi connectivity index (χ3v) is 6.41. The molecule has 0 aromatic heterocycles. The number of rotatable bonds is 5. The molecule has 0 aliphatic carbocycles. The van der Waals surface area contributed by atoms with E-state index >= 15 is 0 Å². The number of sulfonamides is 1. The van der Waals surface area contributed by atoms with Crippen LogP contribution in [0.25, 0.3) is 0 Å². The molecule has 1 aromatic carbocycles. The number of hydrogen-bond donors (Lipinski definition) is 0. The van der Waals surface area contributed by atoms with E-state index in [9.17, 15) is 13.2 Å². The standard InChI is InChI=1S/C17H26N2O3S/c1-4-19(5-2)23(21,22)16-10-6-9-15(12-16)17(20)18-11-7-8-14(3)13-18/h6,9-10,12,14H,4-5,7-8,11,13H2,1-3H3. The van der Waals surface area contributed by atoms with Gasteiger partial charge in [0.25, 0.3) is 5.91 Å². The largest absolute Gasteiger partial charge is 0.338 e. The fourth-order valence-electron chi connectivity index (χ4n) is 3.06. The van der Waals surface area contributed by atoms with Gasteiger partial charge < -0.3 is 4.90 Å². The Bertz CT molecular complexity index is 654. The highest BCUT2D eigenvalue weighted by molar-refractivity contribution is 7.89. The highest BCUT2D eigenvalue weighted by Crippen LogP contribution is 2.21. The van der Waals surface area contributed by atoms with Gasteiger partial charge in [-0.25, -0.2) is 8.42 Å². The SMILES string of the molecule is CCN(CC)S(=O)(=O)c1cccc(C(=O)N2CCCC(C)C2)c1. The Morgan fingerprint density at radius 2 is 2.00 bits per heavy atom. The van der Waals surface area contributed by atoms with Crippen molar-refractivity contribution in [3.05, 3.63) is 29.8 Å². The van der Waals surface area contributed by atoms with E-state index in [0.717, 1.165) is 25.9 Å². The Kier molecular flexibility index (Phi) is 5.81. The first-order chi connectivity index (χ1) is 10.9. The first-order valence-electron chi connectivity index (χ1n) is 8.29. The summed E-state index contributed by atoms with van der Waals surface area (Å²) < 4.78 is 26.6. The van der Waals surface area contributed by atoms with Crippen molar-refractivity contribution in [1.82, 2.24) is 9.21 Å². The molecule has 1 aliphatic rings. The summed E-state index contributed by atoms with van der Waals surface area (Å²) in [5.74, 6) is 0.420. The van der Waals surface area contributed by atoms with Gasteiger partial charge >= 0.3 is 0 Å². The van der Waals surface area contributed by atoms with E-state index < -0.39 is 10.0 Å². The summed E-state index contributed by atoms with van der Waals surface area (Å²) in [6.45, 7) is 8.08. The Labute approximate surface area is 139 Å². The molecule has 0 bridgehead atoms. The number of carbonyl (C=O) groups excluding carboxylic acids is 1. The van der Waals surface area contributed by atoms with Gasteiger partial charge in [-0.3, -0.25) is 4.79 Å². The van der Waals surface area contributed by atoms with Crippen molar-refractivity contribution in [1.29, 1.82) is 0 Å². The van der Waals surface area contributed by atoms with Gasteiger partial charge in [-0.2, -0.15) is 4.31 Å². The lowest BCUT2D eigenvalue weighted by Gasteiger charge is -2.31. The van der Waals surface area contributed by atoms with E-state index in [1.807, 2.05) is 18.7 Å². The summed E-state index contributed by atoms with van der Waals surface area (Å²) >= 11 is 0. The van der Waals surface area contributed by atoms with Crippen molar-refractivity contribution in [3.8, 4) is 0 Å². The first-order valence-corrected chi connectivity index (χ1v) is 9.73. The number of likely N-dealkylation sites (tertiary alicyclic amines) is 1. The van der Waals surface area contributed by atoms with Crippen molar-refractivity contribution < 1.29 is 13.2 Å². The van der Waals surface area contributed by atoms with E-state index in [-0.39, 0.29) is 10.8 Å². The molecule has 0 radical (unpaired) electrons. The predicted molar refractivity (Wildman–Crippen MR) is 90.9 cm³/mol. The van der Waals surface area contributed by atoms with Crippen LogP contribution in [0.1, 0.15) is 44.0 Å². The maximum Gasteiger partial charge on any atom is 0.253 e. The summed E-state index contributed by atoms with van der Waals surface area (Å²) in [6.07, 6.45) is 2.14. The smallest absolute Gasteiger partial charge is 0.253 e. The van der Waals surface area contributed by atoms with Crippen LogP contribution in [0.5, 0.6) is 0 Å². The Balaban J connectivity index is 2.27. The van der Waals surface area contributed by atoms with E-state index in [1.54, 1.807) is 18.2 Å². The van der Waals surface area contributed by atoms with Gasteiger partial charge in [0.15, 0.2) is 0 Å². The van der Waals surface area contributed by atoms with Gasteiger partial charge in [-0.15, -0.1) is 0 Å². The first kappa shape index (κ1) is 17.9. The Hall–Kier alpha value is -1.40. The van der Waals surface area contributed by atoms with Crippen molar-refractivity contribution >= 4 is 15.9 Å². The van der Waals surface area contributed by atoms with Crippen LogP contribution in [-0.4, -0.2) is 49.7 Å². The van der Waals surface area contributed by atoms with Gasteiger partial charge in [-0.1, -0.05) is 26.8 Å². The molecule has 6 heteroatoms. The van der Waals surface area contributed by atoms with Gasteiger partial charge in [0.1, 0.15) is 0 Å². The van der Waals surface area contributed by atoms with Crippen LogP contribution in [0.3, 0.4) is 0 Å². The zero-order valence-electron chi connectivity index (χ0n) is 14.2. The number of piperidine rings is 1. The lowest BCUT2D eigenvalue weighted by Crippen LogP contribution is -2.39. The summed E-state index contributed by atoms with van der Waals surface area (Å²) in [6, 6.07) is 6.42. The number of nitrogens with zero attached hydrogens (tertiary/aromatic N) is 2. The lowest BCUT2D eigenvalue weighted by molar-refractivity contribution is 0.0683. The van der Waals surface area contributed by atoms with Crippen LogP contribution < -0.4 is 0 Å². The summed E-state index contributed by atoms with van der Waals surface area (Å²) in [5.41, 5.74) is 0.451. The van der Waals surface area contributed by atoms with E-state index in [2.05, 4.69) is 6.92 Å². The summed E-state index contributed by atoms with van der Waals surface area (Å²) in [5, 5.41) is 0. The third-order valence-electron chi connectivity index (χ3n) is 4.37. The fourth-order valence-corrected chi connectivity index (χ4v) is 4.56. The average Bonchev–Trinajstić information content (AvgIpc) is 2.55. The molecule has 1 amide bonds. The molecule has 5 nitrogen and oxygen atoms in total. The van der Waals surface area contributed by atoms with Gasteiger partial charge in [0.2, 0.25) is 10.0 Å². The highest BCUT2D eigenvalue weighted by Gasteiger charge is 2.25. The molecule has 1 atom stereocenters. The molecule has 1 fully saturated rings. The second kappa shape index (κ2) is 7.45. The summed E-state index contributed by atoms with van der Waals surface area (Å²) in [4.78, 5) is 14.7. The molecule has 1 aliphatic heterocycles. The van der Waals surface area contributed by atoms with Crippen molar-refractivity contribution in [2.75, 3.05) is 26.2 Å². The Morgan fingerprint density at radius 3 is 2.61 bits per heavy atom. The minimum Gasteiger partial charge on any atom is -0.338 e. The minimum atomic E-state index is -3.54. The maximum atomic E-state index is 12.7. The maximum absolute atomic E-state index is 12.7.